The fraction of sp³-hybridized carbons (Fsp3) is 0.609. The van der Waals surface area contributed by atoms with Gasteiger partial charge in [-0.05, 0) is 62.3 Å². The monoisotopic (exact) mass is 412 g/mol. The maximum atomic E-state index is 11.8. The van der Waals surface area contributed by atoms with Gasteiger partial charge in [-0.3, -0.25) is 4.79 Å². The molecule has 4 rings (SSSR count). The lowest BCUT2D eigenvalue weighted by Gasteiger charge is -2.30. The minimum absolute atomic E-state index is 0.217. The number of piperidine rings is 1. The number of aromatic nitrogens is 2. The van der Waals surface area contributed by atoms with Crippen LogP contribution < -0.4 is 14.5 Å². The molecule has 0 aliphatic carbocycles. The predicted molar refractivity (Wildman–Crippen MR) is 116 cm³/mol. The van der Waals surface area contributed by atoms with E-state index in [0.29, 0.717) is 18.4 Å². The number of amides is 1. The Morgan fingerprint density at radius 2 is 1.93 bits per heavy atom. The third-order valence-electron chi connectivity index (χ3n) is 6.08. The summed E-state index contributed by atoms with van der Waals surface area (Å²) in [5.74, 6) is 2.89. The second kappa shape index (κ2) is 9.49. The second-order valence-corrected chi connectivity index (χ2v) is 8.65. The molecule has 2 fully saturated rings. The van der Waals surface area contributed by atoms with Crippen LogP contribution in [0.3, 0.4) is 0 Å². The summed E-state index contributed by atoms with van der Waals surface area (Å²) in [6.45, 7) is 7.65. The van der Waals surface area contributed by atoms with E-state index in [9.17, 15) is 4.79 Å². The number of ether oxygens (including phenoxy) is 1. The first-order valence-corrected chi connectivity index (χ1v) is 11.2. The first-order chi connectivity index (χ1) is 14.6. The Morgan fingerprint density at radius 3 is 2.57 bits per heavy atom. The average molecular weight is 413 g/mol. The van der Waals surface area contributed by atoms with Gasteiger partial charge in [0.25, 0.3) is 0 Å². The summed E-state index contributed by atoms with van der Waals surface area (Å²) in [5.41, 5.74) is 0.971. The van der Waals surface area contributed by atoms with Crippen LogP contribution in [0.25, 0.3) is 0 Å². The molecule has 0 unspecified atom stereocenters. The van der Waals surface area contributed by atoms with Gasteiger partial charge in [0.05, 0.1) is 6.61 Å². The average Bonchev–Trinajstić information content (AvgIpc) is 3.42. The van der Waals surface area contributed by atoms with Crippen molar-refractivity contribution >= 4 is 17.6 Å². The number of nitrogens with zero attached hydrogens (tertiary/aromatic N) is 4. The van der Waals surface area contributed by atoms with Crippen molar-refractivity contribution in [1.82, 2.24) is 10.1 Å². The van der Waals surface area contributed by atoms with Crippen molar-refractivity contribution < 1.29 is 14.1 Å². The Kier molecular flexibility index (Phi) is 6.55. The molecular weight excluding hydrogens is 380 g/mol. The van der Waals surface area contributed by atoms with Gasteiger partial charge in [0.15, 0.2) is 5.82 Å². The van der Waals surface area contributed by atoms with Crippen LogP contribution in [0.5, 0.6) is 5.75 Å². The van der Waals surface area contributed by atoms with Crippen LogP contribution in [0.15, 0.2) is 28.8 Å². The van der Waals surface area contributed by atoms with E-state index < -0.39 is 0 Å². The maximum Gasteiger partial charge on any atom is 0.324 e. The third-order valence-corrected chi connectivity index (χ3v) is 6.08. The van der Waals surface area contributed by atoms with E-state index in [1.807, 2.05) is 29.2 Å². The summed E-state index contributed by atoms with van der Waals surface area (Å²) in [5, 5.41) is 4.07. The van der Waals surface area contributed by atoms with Crippen LogP contribution >= 0.6 is 0 Å². The van der Waals surface area contributed by atoms with Crippen molar-refractivity contribution in [3.8, 4) is 5.75 Å². The fourth-order valence-electron chi connectivity index (χ4n) is 4.21. The van der Waals surface area contributed by atoms with Crippen molar-refractivity contribution in [2.24, 2.45) is 5.92 Å². The molecule has 2 aromatic rings. The van der Waals surface area contributed by atoms with E-state index in [1.54, 1.807) is 0 Å². The van der Waals surface area contributed by atoms with Crippen molar-refractivity contribution in [3.05, 3.63) is 30.1 Å². The third kappa shape index (κ3) is 4.94. The largest absolute Gasteiger partial charge is 0.494 e. The summed E-state index contributed by atoms with van der Waals surface area (Å²) in [6.07, 6.45) is 6.13. The highest BCUT2D eigenvalue weighted by molar-refractivity contribution is 5.95. The maximum absolute atomic E-state index is 11.8. The molecule has 162 valence electrons. The highest BCUT2D eigenvalue weighted by atomic mass is 16.5. The zero-order valence-corrected chi connectivity index (χ0v) is 18.0. The Hall–Kier alpha value is -2.57. The van der Waals surface area contributed by atoms with E-state index in [2.05, 4.69) is 28.9 Å². The summed E-state index contributed by atoms with van der Waals surface area (Å²) in [6, 6.07) is 8.57. The zero-order chi connectivity index (χ0) is 20.9. The van der Waals surface area contributed by atoms with Crippen molar-refractivity contribution in [2.75, 3.05) is 36.0 Å². The molecule has 0 spiro atoms. The van der Waals surface area contributed by atoms with Crippen molar-refractivity contribution in [3.63, 3.8) is 0 Å². The predicted octanol–water partition coefficient (Wildman–Crippen LogP) is 4.40. The lowest BCUT2D eigenvalue weighted by molar-refractivity contribution is -0.117. The summed E-state index contributed by atoms with van der Waals surface area (Å²) in [4.78, 5) is 20.4. The molecule has 0 N–H and O–H groups in total. The lowest BCUT2D eigenvalue weighted by atomic mass is 9.92. The van der Waals surface area contributed by atoms with Gasteiger partial charge in [-0.1, -0.05) is 19.0 Å². The van der Waals surface area contributed by atoms with Crippen molar-refractivity contribution in [2.45, 2.75) is 58.3 Å². The van der Waals surface area contributed by atoms with Gasteiger partial charge in [-0.15, -0.1) is 0 Å². The number of hydrogen-bond donors (Lipinski definition) is 0. The summed E-state index contributed by atoms with van der Waals surface area (Å²) < 4.78 is 11.3. The van der Waals surface area contributed by atoms with Gasteiger partial charge in [0.1, 0.15) is 5.75 Å². The van der Waals surface area contributed by atoms with Crippen LogP contribution in [0.2, 0.25) is 0 Å². The number of hydrogen-bond acceptors (Lipinski definition) is 6. The van der Waals surface area contributed by atoms with Gasteiger partial charge in [-0.25, -0.2) is 0 Å². The minimum atomic E-state index is 0.217. The topological polar surface area (TPSA) is 71.7 Å². The lowest BCUT2D eigenvalue weighted by Crippen LogP contribution is -2.34. The minimum Gasteiger partial charge on any atom is -0.494 e. The van der Waals surface area contributed by atoms with Gasteiger partial charge in [0.2, 0.25) is 5.91 Å². The second-order valence-electron chi connectivity index (χ2n) is 8.65. The van der Waals surface area contributed by atoms with Crippen LogP contribution in [-0.4, -0.2) is 42.3 Å². The molecule has 2 saturated heterocycles. The van der Waals surface area contributed by atoms with Crippen LogP contribution in [-0.2, 0) is 4.79 Å². The van der Waals surface area contributed by atoms with E-state index in [4.69, 9.17) is 9.26 Å². The molecule has 1 amide bonds. The molecule has 0 bridgehead atoms. The molecule has 7 nitrogen and oxygen atoms in total. The first kappa shape index (κ1) is 20.7. The zero-order valence-electron chi connectivity index (χ0n) is 18.0. The Balaban J connectivity index is 1.15. The van der Waals surface area contributed by atoms with E-state index in [1.165, 1.54) is 6.42 Å². The smallest absolute Gasteiger partial charge is 0.324 e. The van der Waals surface area contributed by atoms with Gasteiger partial charge in [0, 0.05) is 37.7 Å². The van der Waals surface area contributed by atoms with Gasteiger partial charge < -0.3 is 19.1 Å². The SMILES string of the molecule is CC(C)c1noc(N2CCC(CCCOc3ccc(N4CCCC4=O)cc3)CC2)n1. The summed E-state index contributed by atoms with van der Waals surface area (Å²) >= 11 is 0. The van der Waals surface area contributed by atoms with Crippen LogP contribution in [0.4, 0.5) is 11.7 Å². The van der Waals surface area contributed by atoms with Gasteiger partial charge in [-0.2, -0.15) is 4.98 Å². The Morgan fingerprint density at radius 1 is 1.17 bits per heavy atom. The van der Waals surface area contributed by atoms with Crippen LogP contribution in [0.1, 0.15) is 64.1 Å². The molecule has 1 aromatic heterocycles. The first-order valence-electron chi connectivity index (χ1n) is 11.2. The van der Waals surface area contributed by atoms with E-state index >= 15 is 0 Å². The molecule has 0 saturated carbocycles. The number of carbonyl (C=O) groups is 1. The molecule has 1 aromatic carbocycles. The Bertz CT molecular complexity index is 825. The van der Waals surface area contributed by atoms with Crippen molar-refractivity contribution in [1.29, 1.82) is 0 Å². The number of anilines is 2. The van der Waals surface area contributed by atoms with E-state index in [0.717, 1.165) is 75.1 Å². The fourth-order valence-corrected chi connectivity index (χ4v) is 4.21. The number of carbonyl (C=O) groups excluding carboxylic acids is 1. The quantitative estimate of drug-likeness (QED) is 0.599. The highest BCUT2D eigenvalue weighted by Crippen LogP contribution is 2.27. The van der Waals surface area contributed by atoms with Crippen LogP contribution in [0, 0.1) is 5.92 Å². The molecule has 2 aliphatic heterocycles. The molecule has 0 radical (unpaired) electrons. The molecule has 2 aliphatic rings. The molecular formula is C23H32N4O3. The molecule has 3 heterocycles. The normalized spacial score (nSPS) is 17.9. The molecule has 0 atom stereocenters. The highest BCUT2D eigenvalue weighted by Gasteiger charge is 2.24. The Labute approximate surface area is 178 Å². The summed E-state index contributed by atoms with van der Waals surface area (Å²) in [7, 11) is 0. The molecule has 7 heteroatoms. The standard InChI is InChI=1S/C23H32N4O3/c1-17(2)22-24-23(30-25-22)26-14-11-18(12-15-26)5-4-16-29-20-9-7-19(8-10-20)27-13-3-6-21(27)28/h7-10,17-18H,3-6,11-16H2,1-2H3. The van der Waals surface area contributed by atoms with Gasteiger partial charge >= 0.3 is 6.01 Å². The van der Waals surface area contributed by atoms with E-state index in [-0.39, 0.29) is 5.91 Å². The number of benzene rings is 1. The molecule has 30 heavy (non-hydrogen) atoms. The number of rotatable bonds is 8.